The van der Waals surface area contributed by atoms with Crippen LogP contribution in [-0.2, 0) is 18.3 Å². The van der Waals surface area contributed by atoms with Crippen LogP contribution in [0.2, 0.25) is 5.02 Å². The minimum absolute atomic E-state index is 0.0391. The van der Waals surface area contributed by atoms with Crippen molar-refractivity contribution < 1.29 is 4.79 Å². The second-order valence-corrected chi connectivity index (χ2v) is 6.65. The van der Waals surface area contributed by atoms with Crippen LogP contribution in [0.15, 0.2) is 66.9 Å². The zero-order chi connectivity index (χ0) is 17.4. The van der Waals surface area contributed by atoms with Gasteiger partial charge in [-0.3, -0.25) is 4.79 Å². The normalized spacial score (nSPS) is 11.1. The maximum absolute atomic E-state index is 12.5. The molecule has 25 heavy (non-hydrogen) atoms. The van der Waals surface area contributed by atoms with Gasteiger partial charge in [0.2, 0.25) is 5.91 Å². The van der Waals surface area contributed by atoms with Gasteiger partial charge in [-0.1, -0.05) is 41.9 Å². The molecule has 0 atom stereocenters. The van der Waals surface area contributed by atoms with Gasteiger partial charge in [-0.2, -0.15) is 0 Å². The van der Waals surface area contributed by atoms with E-state index in [2.05, 4.69) is 11.4 Å². The molecule has 0 aliphatic carbocycles. The molecule has 0 saturated heterocycles. The van der Waals surface area contributed by atoms with Crippen LogP contribution in [0.3, 0.4) is 0 Å². The third kappa shape index (κ3) is 3.11. The molecule has 0 spiro atoms. The number of nitrogens with zero attached hydrogens (tertiary/aromatic N) is 1. The van der Waals surface area contributed by atoms with E-state index in [0.29, 0.717) is 11.4 Å². The molecule has 0 aliphatic heterocycles. The first-order chi connectivity index (χ1) is 12.1. The van der Waals surface area contributed by atoms with E-state index in [4.69, 9.17) is 11.6 Å². The standard InChI is InChI=1S/C21H17ClN2O/c1-24-13-16(19-12-17(22)7-9-20(19)24)11-21(25)23-18-8-6-14-4-2-3-5-15(14)10-18/h2-10,12-13H,11H2,1H3,(H,23,25). The van der Waals surface area contributed by atoms with Gasteiger partial charge in [0.15, 0.2) is 0 Å². The molecular formula is C21H17ClN2O. The van der Waals surface area contributed by atoms with Crippen LogP contribution in [0.4, 0.5) is 5.69 Å². The van der Waals surface area contributed by atoms with Crippen molar-refractivity contribution in [2.45, 2.75) is 6.42 Å². The van der Waals surface area contributed by atoms with Crippen molar-refractivity contribution in [2.24, 2.45) is 7.05 Å². The third-order valence-corrected chi connectivity index (χ3v) is 4.65. The lowest BCUT2D eigenvalue weighted by Gasteiger charge is -2.06. The monoisotopic (exact) mass is 348 g/mol. The maximum atomic E-state index is 12.5. The molecule has 0 bridgehead atoms. The van der Waals surface area contributed by atoms with Gasteiger partial charge in [0.1, 0.15) is 0 Å². The first-order valence-electron chi connectivity index (χ1n) is 8.12. The number of amides is 1. The Morgan fingerprint density at radius 2 is 1.84 bits per heavy atom. The van der Waals surface area contributed by atoms with Crippen molar-refractivity contribution in [1.82, 2.24) is 4.57 Å². The van der Waals surface area contributed by atoms with Crippen LogP contribution in [-0.4, -0.2) is 10.5 Å². The molecule has 4 heteroatoms. The number of aromatic nitrogens is 1. The van der Waals surface area contributed by atoms with E-state index in [-0.39, 0.29) is 5.91 Å². The van der Waals surface area contributed by atoms with Crippen LogP contribution in [0.25, 0.3) is 21.7 Å². The van der Waals surface area contributed by atoms with Crippen molar-refractivity contribution in [2.75, 3.05) is 5.32 Å². The van der Waals surface area contributed by atoms with Crippen molar-refractivity contribution in [3.63, 3.8) is 0 Å². The Bertz CT molecular complexity index is 1100. The largest absolute Gasteiger partial charge is 0.350 e. The molecule has 0 saturated carbocycles. The Morgan fingerprint density at radius 1 is 1.04 bits per heavy atom. The number of carbonyl (C=O) groups is 1. The highest BCUT2D eigenvalue weighted by Crippen LogP contribution is 2.25. The van der Waals surface area contributed by atoms with Gasteiger partial charge < -0.3 is 9.88 Å². The van der Waals surface area contributed by atoms with Crippen LogP contribution >= 0.6 is 11.6 Å². The number of benzene rings is 3. The molecule has 1 amide bonds. The van der Waals surface area contributed by atoms with Crippen LogP contribution in [0.5, 0.6) is 0 Å². The number of hydrogen-bond acceptors (Lipinski definition) is 1. The number of carbonyl (C=O) groups excluding carboxylic acids is 1. The molecule has 1 aromatic heterocycles. The second-order valence-electron chi connectivity index (χ2n) is 6.21. The third-order valence-electron chi connectivity index (χ3n) is 4.42. The molecule has 3 nitrogen and oxygen atoms in total. The predicted octanol–water partition coefficient (Wildman–Crippen LogP) is 5.17. The van der Waals surface area contributed by atoms with E-state index in [9.17, 15) is 4.79 Å². The Balaban J connectivity index is 1.58. The van der Waals surface area contributed by atoms with Crippen LogP contribution in [0.1, 0.15) is 5.56 Å². The summed E-state index contributed by atoms with van der Waals surface area (Å²) in [7, 11) is 1.97. The molecule has 0 radical (unpaired) electrons. The van der Waals surface area contributed by atoms with Crippen molar-refractivity contribution in [3.05, 3.63) is 77.4 Å². The molecule has 4 aromatic rings. The summed E-state index contributed by atoms with van der Waals surface area (Å²) in [4.78, 5) is 12.5. The summed E-state index contributed by atoms with van der Waals surface area (Å²) in [5.41, 5.74) is 2.85. The molecule has 0 aliphatic rings. The number of fused-ring (bicyclic) bond motifs is 2. The topological polar surface area (TPSA) is 34.0 Å². The summed E-state index contributed by atoms with van der Waals surface area (Å²) in [6, 6.07) is 19.8. The molecule has 0 fully saturated rings. The van der Waals surface area contributed by atoms with E-state index >= 15 is 0 Å². The summed E-state index contributed by atoms with van der Waals surface area (Å²) < 4.78 is 2.02. The fourth-order valence-electron chi connectivity index (χ4n) is 3.23. The molecule has 124 valence electrons. The average Bonchev–Trinajstić information content (AvgIpc) is 2.89. The Labute approximate surface area is 150 Å². The molecule has 1 N–H and O–H groups in total. The van der Waals surface area contributed by atoms with Gasteiger partial charge >= 0.3 is 0 Å². The summed E-state index contributed by atoms with van der Waals surface area (Å²) in [5, 5.41) is 6.95. The summed E-state index contributed by atoms with van der Waals surface area (Å²) in [6.45, 7) is 0. The molecule has 4 rings (SSSR count). The number of halogens is 1. The number of rotatable bonds is 3. The SMILES string of the molecule is Cn1cc(CC(=O)Nc2ccc3ccccc3c2)c2cc(Cl)ccc21. The zero-order valence-corrected chi connectivity index (χ0v) is 14.5. The quantitative estimate of drug-likeness (QED) is 0.544. The minimum Gasteiger partial charge on any atom is -0.350 e. The minimum atomic E-state index is -0.0391. The van der Waals surface area contributed by atoms with Crippen LogP contribution in [0, 0.1) is 0 Å². The lowest BCUT2D eigenvalue weighted by molar-refractivity contribution is -0.115. The summed E-state index contributed by atoms with van der Waals surface area (Å²) >= 11 is 6.11. The fraction of sp³-hybridized carbons (Fsp3) is 0.0952. The van der Waals surface area contributed by atoms with Gasteiger partial charge in [-0.05, 0) is 46.7 Å². The number of nitrogens with one attached hydrogen (secondary N) is 1. The highest BCUT2D eigenvalue weighted by atomic mass is 35.5. The van der Waals surface area contributed by atoms with Gasteiger partial charge in [0.05, 0.1) is 6.42 Å². The fourth-order valence-corrected chi connectivity index (χ4v) is 3.40. The first kappa shape index (κ1) is 15.7. The summed E-state index contributed by atoms with van der Waals surface area (Å²) in [5.74, 6) is -0.0391. The van der Waals surface area contributed by atoms with Gasteiger partial charge in [0.25, 0.3) is 0 Å². The molecule has 3 aromatic carbocycles. The van der Waals surface area contributed by atoms with E-state index in [1.807, 2.05) is 72.4 Å². The van der Waals surface area contributed by atoms with E-state index < -0.39 is 0 Å². The molecule has 0 unspecified atom stereocenters. The van der Waals surface area contributed by atoms with Crippen molar-refractivity contribution in [1.29, 1.82) is 0 Å². The van der Waals surface area contributed by atoms with Crippen molar-refractivity contribution >= 4 is 44.9 Å². The average molecular weight is 349 g/mol. The van der Waals surface area contributed by atoms with Crippen molar-refractivity contribution in [3.8, 4) is 0 Å². The first-order valence-corrected chi connectivity index (χ1v) is 8.50. The second kappa shape index (κ2) is 6.26. The van der Waals surface area contributed by atoms with E-state index in [0.717, 1.165) is 32.9 Å². The lowest BCUT2D eigenvalue weighted by Crippen LogP contribution is -2.14. The summed E-state index contributed by atoms with van der Waals surface area (Å²) in [6.07, 6.45) is 2.30. The maximum Gasteiger partial charge on any atom is 0.228 e. The van der Waals surface area contributed by atoms with E-state index in [1.165, 1.54) is 0 Å². The van der Waals surface area contributed by atoms with Gasteiger partial charge in [-0.15, -0.1) is 0 Å². The number of hydrogen-bond donors (Lipinski definition) is 1. The Kier molecular flexibility index (Phi) is 3.94. The lowest BCUT2D eigenvalue weighted by atomic mass is 10.1. The van der Waals surface area contributed by atoms with Gasteiger partial charge in [0, 0.05) is 34.9 Å². The smallest absolute Gasteiger partial charge is 0.228 e. The van der Waals surface area contributed by atoms with E-state index in [1.54, 1.807) is 0 Å². The Morgan fingerprint density at radius 3 is 2.68 bits per heavy atom. The Hall–Kier alpha value is -2.78. The highest BCUT2D eigenvalue weighted by Gasteiger charge is 2.11. The highest BCUT2D eigenvalue weighted by molar-refractivity contribution is 6.31. The number of aryl methyl sites for hydroxylation is 1. The molecule has 1 heterocycles. The number of anilines is 1. The predicted molar refractivity (Wildman–Crippen MR) is 104 cm³/mol. The zero-order valence-electron chi connectivity index (χ0n) is 13.8. The molecular weight excluding hydrogens is 332 g/mol. The van der Waals surface area contributed by atoms with Crippen LogP contribution < -0.4 is 5.32 Å². The van der Waals surface area contributed by atoms with Gasteiger partial charge in [-0.25, -0.2) is 0 Å².